The van der Waals surface area contributed by atoms with Crippen molar-refractivity contribution in [3.05, 3.63) is 65.7 Å². The first-order valence-electron chi connectivity index (χ1n) is 8.08. The normalized spacial score (nSPS) is 11.3. The Morgan fingerprint density at radius 2 is 1.71 bits per heavy atom. The first kappa shape index (κ1) is 21.5. The summed E-state index contributed by atoms with van der Waals surface area (Å²) in [5, 5.41) is 2.39. The van der Waals surface area contributed by atoms with E-state index >= 15 is 0 Å². The second kappa shape index (κ2) is 9.38. The van der Waals surface area contributed by atoms with Gasteiger partial charge in [0.2, 0.25) is 10.0 Å². The van der Waals surface area contributed by atoms with Crippen molar-refractivity contribution in [2.45, 2.75) is 11.4 Å². The van der Waals surface area contributed by atoms with E-state index in [-0.39, 0.29) is 17.0 Å². The zero-order valence-electron chi connectivity index (χ0n) is 14.9. The van der Waals surface area contributed by atoms with Gasteiger partial charge < -0.3 is 10.1 Å². The van der Waals surface area contributed by atoms with Crippen LogP contribution in [0.4, 0.5) is 8.78 Å². The van der Waals surface area contributed by atoms with Crippen LogP contribution in [-0.2, 0) is 30.9 Å². The lowest BCUT2D eigenvalue weighted by Crippen LogP contribution is -2.35. The third-order valence-corrected chi connectivity index (χ3v) is 5.49. The summed E-state index contributed by atoms with van der Waals surface area (Å²) in [5.74, 6) is -2.69. The minimum absolute atomic E-state index is 0.0814. The second-order valence-electron chi connectivity index (χ2n) is 5.74. The summed E-state index contributed by atoms with van der Waals surface area (Å²) < 4.78 is 56.4. The predicted molar refractivity (Wildman–Crippen MR) is 95.4 cm³/mol. The van der Waals surface area contributed by atoms with Gasteiger partial charge in [-0.2, -0.15) is 4.31 Å². The van der Waals surface area contributed by atoms with Gasteiger partial charge in [-0.15, -0.1) is 0 Å². The molecule has 1 N–H and O–H groups in total. The van der Waals surface area contributed by atoms with Crippen LogP contribution in [0.2, 0.25) is 0 Å². The third-order valence-electron chi connectivity index (χ3n) is 3.67. The first-order valence-corrected chi connectivity index (χ1v) is 9.52. The van der Waals surface area contributed by atoms with Crippen LogP contribution in [0.5, 0.6) is 0 Å². The molecule has 2 aromatic carbocycles. The highest BCUT2D eigenvalue weighted by Gasteiger charge is 2.24. The fraction of sp³-hybridized carbons (Fsp3) is 0.222. The summed E-state index contributed by atoms with van der Waals surface area (Å²) in [4.78, 5) is 23.3. The largest absolute Gasteiger partial charge is 0.455 e. The smallest absolute Gasteiger partial charge is 0.321 e. The minimum Gasteiger partial charge on any atom is -0.455 e. The topological polar surface area (TPSA) is 92.8 Å². The maximum atomic E-state index is 13.5. The molecule has 0 aliphatic heterocycles. The number of sulfonamides is 1. The number of nitrogens with zero attached hydrogens (tertiary/aromatic N) is 1. The Morgan fingerprint density at radius 1 is 1.07 bits per heavy atom. The Hall–Kier alpha value is -2.85. The lowest BCUT2D eigenvalue weighted by molar-refractivity contribution is -0.148. The molecule has 10 heteroatoms. The minimum atomic E-state index is -4.02. The number of benzene rings is 2. The molecule has 0 spiro atoms. The molecule has 0 aromatic heterocycles. The summed E-state index contributed by atoms with van der Waals surface area (Å²) in [5.41, 5.74) is 0.271. The molecule has 150 valence electrons. The maximum Gasteiger partial charge on any atom is 0.321 e. The lowest BCUT2D eigenvalue weighted by Gasteiger charge is -2.16. The van der Waals surface area contributed by atoms with Crippen LogP contribution < -0.4 is 5.32 Å². The number of ether oxygens (including phenoxy) is 1. The predicted octanol–water partition coefficient (Wildman–Crippen LogP) is 1.44. The van der Waals surface area contributed by atoms with Crippen LogP contribution in [-0.4, -0.2) is 44.8 Å². The van der Waals surface area contributed by atoms with Gasteiger partial charge in [-0.3, -0.25) is 9.59 Å². The number of hydrogen-bond donors (Lipinski definition) is 1. The van der Waals surface area contributed by atoms with E-state index in [4.69, 9.17) is 4.74 Å². The van der Waals surface area contributed by atoms with E-state index in [1.54, 1.807) is 6.07 Å². The molecule has 0 saturated heterocycles. The van der Waals surface area contributed by atoms with Crippen LogP contribution >= 0.6 is 0 Å². The monoisotopic (exact) mass is 412 g/mol. The molecular weight excluding hydrogens is 394 g/mol. The van der Waals surface area contributed by atoms with Gasteiger partial charge in [0.1, 0.15) is 18.2 Å². The molecule has 2 aromatic rings. The molecule has 0 aliphatic carbocycles. The van der Waals surface area contributed by atoms with Crippen molar-refractivity contribution in [3.8, 4) is 0 Å². The molecule has 0 saturated carbocycles. The average molecular weight is 412 g/mol. The Kier molecular flexibility index (Phi) is 7.18. The highest BCUT2D eigenvalue weighted by Crippen LogP contribution is 2.14. The van der Waals surface area contributed by atoms with E-state index in [2.05, 4.69) is 5.32 Å². The number of amides is 1. The van der Waals surface area contributed by atoms with Gasteiger partial charge in [0.15, 0.2) is 6.61 Å². The quantitative estimate of drug-likeness (QED) is 0.663. The summed E-state index contributed by atoms with van der Waals surface area (Å²) in [6.45, 7) is -1.36. The van der Waals surface area contributed by atoms with E-state index in [1.807, 2.05) is 0 Å². The zero-order valence-corrected chi connectivity index (χ0v) is 15.7. The van der Waals surface area contributed by atoms with Gasteiger partial charge in [-0.25, -0.2) is 17.2 Å². The summed E-state index contributed by atoms with van der Waals surface area (Å²) in [7, 11) is -2.87. The number of carbonyl (C=O) groups is 2. The summed E-state index contributed by atoms with van der Waals surface area (Å²) in [6.07, 6.45) is 0. The van der Waals surface area contributed by atoms with Crippen molar-refractivity contribution >= 4 is 21.9 Å². The van der Waals surface area contributed by atoms with Crippen molar-refractivity contribution in [1.82, 2.24) is 9.62 Å². The maximum absolute atomic E-state index is 13.5. The fourth-order valence-corrected chi connectivity index (χ4v) is 3.25. The molecule has 0 radical (unpaired) electrons. The molecule has 0 fully saturated rings. The standard InChI is InChI=1S/C18H18F2N2O5S/c1-22(28(25,26)15-8-6-14(19)7-9-15)11-18(24)27-12-17(23)21-10-13-4-2-3-5-16(13)20/h2-9H,10-12H2,1H3,(H,21,23). The van der Waals surface area contributed by atoms with Gasteiger partial charge in [-0.1, -0.05) is 18.2 Å². The fourth-order valence-electron chi connectivity index (χ4n) is 2.13. The van der Waals surface area contributed by atoms with Gasteiger partial charge in [0.25, 0.3) is 5.91 Å². The Bertz CT molecular complexity index is 949. The van der Waals surface area contributed by atoms with Crippen molar-refractivity contribution in [3.63, 3.8) is 0 Å². The molecule has 7 nitrogen and oxygen atoms in total. The number of carbonyl (C=O) groups excluding carboxylic acids is 2. The molecule has 0 atom stereocenters. The van der Waals surface area contributed by atoms with E-state index in [0.717, 1.165) is 35.6 Å². The zero-order chi connectivity index (χ0) is 20.7. The molecule has 0 unspecified atom stereocenters. The van der Waals surface area contributed by atoms with E-state index < -0.39 is 46.7 Å². The molecular formula is C18H18F2N2O5S. The Labute approximate surface area is 161 Å². The van der Waals surface area contributed by atoms with Crippen LogP contribution in [0.15, 0.2) is 53.4 Å². The Morgan fingerprint density at radius 3 is 2.36 bits per heavy atom. The molecule has 0 heterocycles. The number of hydrogen-bond acceptors (Lipinski definition) is 5. The number of halogens is 2. The number of rotatable bonds is 8. The number of likely N-dealkylation sites (N-methyl/N-ethyl adjacent to an activating group) is 1. The highest BCUT2D eigenvalue weighted by molar-refractivity contribution is 7.89. The molecule has 28 heavy (non-hydrogen) atoms. The van der Waals surface area contributed by atoms with Crippen LogP contribution in [0.3, 0.4) is 0 Å². The van der Waals surface area contributed by atoms with Crippen molar-refractivity contribution < 1.29 is 31.5 Å². The van der Waals surface area contributed by atoms with Crippen LogP contribution in [0.25, 0.3) is 0 Å². The van der Waals surface area contributed by atoms with E-state index in [1.165, 1.54) is 18.2 Å². The van der Waals surface area contributed by atoms with Gasteiger partial charge in [0, 0.05) is 19.2 Å². The van der Waals surface area contributed by atoms with Crippen LogP contribution in [0.1, 0.15) is 5.56 Å². The Balaban J connectivity index is 1.82. The first-order chi connectivity index (χ1) is 13.2. The van der Waals surface area contributed by atoms with Crippen molar-refractivity contribution in [2.75, 3.05) is 20.2 Å². The molecule has 2 rings (SSSR count). The lowest BCUT2D eigenvalue weighted by atomic mass is 10.2. The van der Waals surface area contributed by atoms with Gasteiger partial charge >= 0.3 is 5.97 Å². The second-order valence-corrected chi connectivity index (χ2v) is 7.79. The van der Waals surface area contributed by atoms with Crippen molar-refractivity contribution in [2.24, 2.45) is 0 Å². The number of esters is 1. The van der Waals surface area contributed by atoms with Gasteiger partial charge in [0.05, 0.1) is 4.90 Å². The molecule has 1 amide bonds. The van der Waals surface area contributed by atoms with E-state index in [0.29, 0.717) is 0 Å². The highest BCUT2D eigenvalue weighted by atomic mass is 32.2. The number of nitrogens with one attached hydrogen (secondary N) is 1. The summed E-state index contributed by atoms with van der Waals surface area (Å²) >= 11 is 0. The third kappa shape index (κ3) is 5.83. The van der Waals surface area contributed by atoms with Crippen LogP contribution in [0, 0.1) is 11.6 Å². The SMILES string of the molecule is CN(CC(=O)OCC(=O)NCc1ccccc1F)S(=O)(=O)c1ccc(F)cc1. The molecule has 0 bridgehead atoms. The van der Waals surface area contributed by atoms with Crippen molar-refractivity contribution in [1.29, 1.82) is 0 Å². The van der Waals surface area contributed by atoms with E-state index in [9.17, 15) is 26.8 Å². The molecule has 0 aliphatic rings. The van der Waals surface area contributed by atoms with Gasteiger partial charge in [-0.05, 0) is 30.3 Å². The summed E-state index contributed by atoms with van der Waals surface area (Å²) in [6, 6.07) is 9.99. The average Bonchev–Trinajstić information content (AvgIpc) is 2.66.